The highest BCUT2D eigenvalue weighted by molar-refractivity contribution is 7.15. The van der Waals surface area contributed by atoms with Gasteiger partial charge < -0.3 is 9.47 Å². The lowest BCUT2D eigenvalue weighted by molar-refractivity contribution is 0.102. The van der Waals surface area contributed by atoms with Gasteiger partial charge in [0.05, 0.1) is 14.2 Å². The maximum absolute atomic E-state index is 12.5. The monoisotopic (exact) mass is 345 g/mol. The van der Waals surface area contributed by atoms with Crippen molar-refractivity contribution in [3.63, 3.8) is 0 Å². The molecule has 0 spiro atoms. The highest BCUT2D eigenvalue weighted by atomic mass is 32.1. The molecular weight excluding hydrogens is 326 g/mol. The molecule has 1 aliphatic carbocycles. The van der Waals surface area contributed by atoms with Gasteiger partial charge in [-0.05, 0) is 31.9 Å². The molecule has 1 heterocycles. The lowest BCUT2D eigenvalue weighted by Crippen LogP contribution is -2.12. The number of ether oxygens (including phenoxy) is 2. The minimum atomic E-state index is -0.250. The predicted molar refractivity (Wildman–Crippen MR) is 94.1 cm³/mol. The van der Waals surface area contributed by atoms with Crippen LogP contribution >= 0.6 is 11.3 Å². The maximum atomic E-state index is 12.5. The number of hydrogen-bond acceptors (Lipinski definition) is 6. The van der Waals surface area contributed by atoms with E-state index in [0.29, 0.717) is 28.1 Å². The summed E-state index contributed by atoms with van der Waals surface area (Å²) in [7, 11) is 3.12. The molecule has 3 rings (SSSR count). The van der Waals surface area contributed by atoms with E-state index in [-0.39, 0.29) is 5.91 Å². The van der Waals surface area contributed by atoms with Gasteiger partial charge in [0, 0.05) is 17.0 Å². The number of carbonyl (C=O) groups is 1. The number of benzene rings is 1. The zero-order valence-electron chi connectivity index (χ0n) is 13.8. The van der Waals surface area contributed by atoms with E-state index in [4.69, 9.17) is 9.47 Å². The molecule has 1 aromatic carbocycles. The van der Waals surface area contributed by atoms with Gasteiger partial charge in [-0.15, -0.1) is 10.2 Å². The van der Waals surface area contributed by atoms with Crippen molar-refractivity contribution in [2.24, 2.45) is 0 Å². The number of hydrogen-bond donors (Lipinski definition) is 1. The Hall–Kier alpha value is -2.41. The lowest BCUT2D eigenvalue weighted by Gasteiger charge is -2.12. The summed E-state index contributed by atoms with van der Waals surface area (Å²) >= 11 is 1.43. The van der Waals surface area contributed by atoms with Gasteiger partial charge in [-0.25, -0.2) is 0 Å². The summed E-state index contributed by atoms with van der Waals surface area (Å²) in [5.74, 6) is 1.38. The van der Waals surface area contributed by atoms with E-state index in [0.717, 1.165) is 23.4 Å². The molecule has 0 aliphatic heterocycles. The average Bonchev–Trinajstić information content (AvgIpc) is 3.34. The van der Waals surface area contributed by atoms with E-state index in [2.05, 4.69) is 15.5 Å². The summed E-state index contributed by atoms with van der Waals surface area (Å²) in [6.07, 6.45) is 6.07. The molecule has 0 unspecified atom stereocenters. The number of nitrogens with one attached hydrogen (secondary N) is 1. The molecule has 0 atom stereocenters. The molecule has 1 N–H and O–H groups in total. The van der Waals surface area contributed by atoms with Gasteiger partial charge in [-0.3, -0.25) is 10.1 Å². The SMILES string of the molecule is CC=Cc1cc(C(=O)Nc2nnc(C3CC3)s2)cc(OC)c1OC. The standard InChI is InChI=1S/C17H19N3O3S/c1-4-5-11-8-12(9-13(22-2)14(11)23-3)15(21)18-17-20-19-16(24-17)10-6-7-10/h4-5,8-10H,6-7H2,1-3H3,(H,18,20,21). The second-order valence-electron chi connectivity index (χ2n) is 5.47. The van der Waals surface area contributed by atoms with Crippen molar-refractivity contribution in [2.45, 2.75) is 25.7 Å². The summed E-state index contributed by atoms with van der Waals surface area (Å²) in [6.45, 7) is 1.90. The summed E-state index contributed by atoms with van der Waals surface area (Å²) in [4.78, 5) is 12.5. The Labute approximate surface area is 144 Å². The van der Waals surface area contributed by atoms with Crippen LogP contribution in [0, 0.1) is 0 Å². The number of rotatable bonds is 6. The number of carbonyl (C=O) groups excluding carboxylic acids is 1. The Kier molecular flexibility index (Phi) is 4.80. The predicted octanol–water partition coefficient (Wildman–Crippen LogP) is 3.72. The van der Waals surface area contributed by atoms with Gasteiger partial charge in [-0.1, -0.05) is 23.5 Å². The van der Waals surface area contributed by atoms with Gasteiger partial charge in [0.25, 0.3) is 5.91 Å². The van der Waals surface area contributed by atoms with Crippen molar-refractivity contribution in [3.05, 3.63) is 34.3 Å². The molecule has 24 heavy (non-hydrogen) atoms. The Balaban J connectivity index is 1.86. The first-order chi connectivity index (χ1) is 11.7. The number of methoxy groups -OCH3 is 2. The van der Waals surface area contributed by atoms with E-state index in [9.17, 15) is 4.79 Å². The molecule has 0 radical (unpaired) electrons. The molecule has 7 heteroatoms. The molecule has 1 amide bonds. The van der Waals surface area contributed by atoms with E-state index >= 15 is 0 Å². The van der Waals surface area contributed by atoms with Crippen LogP contribution in [-0.4, -0.2) is 30.3 Å². The third-order valence-electron chi connectivity index (χ3n) is 3.70. The van der Waals surface area contributed by atoms with Gasteiger partial charge >= 0.3 is 0 Å². The minimum Gasteiger partial charge on any atom is -0.493 e. The van der Waals surface area contributed by atoms with Gasteiger partial charge in [0.1, 0.15) is 5.01 Å². The second kappa shape index (κ2) is 7.00. The summed E-state index contributed by atoms with van der Waals surface area (Å²) in [6, 6.07) is 3.42. The normalized spacial score (nSPS) is 14.0. The fourth-order valence-corrected chi connectivity index (χ4v) is 3.29. The number of aromatic nitrogens is 2. The molecular formula is C17H19N3O3S. The molecule has 0 bridgehead atoms. The lowest BCUT2D eigenvalue weighted by atomic mass is 10.1. The van der Waals surface area contributed by atoms with Crippen LogP contribution in [0.1, 0.15) is 46.6 Å². The number of allylic oxidation sites excluding steroid dienone is 1. The van der Waals surface area contributed by atoms with Crippen LogP contribution in [0.5, 0.6) is 11.5 Å². The van der Waals surface area contributed by atoms with Crippen LogP contribution in [0.15, 0.2) is 18.2 Å². The van der Waals surface area contributed by atoms with Crippen LogP contribution in [0.2, 0.25) is 0 Å². The average molecular weight is 345 g/mol. The van der Waals surface area contributed by atoms with Crippen molar-refractivity contribution in [3.8, 4) is 11.5 Å². The first-order valence-electron chi connectivity index (χ1n) is 7.69. The van der Waals surface area contributed by atoms with Crippen LogP contribution in [0.3, 0.4) is 0 Å². The third-order valence-corrected chi connectivity index (χ3v) is 4.70. The molecule has 1 saturated carbocycles. The minimum absolute atomic E-state index is 0.250. The maximum Gasteiger partial charge on any atom is 0.257 e. The van der Waals surface area contributed by atoms with Crippen LogP contribution in [-0.2, 0) is 0 Å². The smallest absolute Gasteiger partial charge is 0.257 e. The molecule has 0 saturated heterocycles. The summed E-state index contributed by atoms with van der Waals surface area (Å²) in [5.41, 5.74) is 1.25. The highest BCUT2D eigenvalue weighted by Gasteiger charge is 2.28. The number of anilines is 1. The van der Waals surface area contributed by atoms with Crippen molar-refractivity contribution >= 4 is 28.5 Å². The Bertz CT molecular complexity index is 781. The van der Waals surface area contributed by atoms with Crippen molar-refractivity contribution in [2.75, 3.05) is 19.5 Å². The van der Waals surface area contributed by atoms with Gasteiger partial charge in [-0.2, -0.15) is 0 Å². The molecule has 126 valence electrons. The third kappa shape index (κ3) is 3.41. The number of nitrogens with zero attached hydrogens (tertiary/aromatic N) is 2. The van der Waals surface area contributed by atoms with Gasteiger partial charge in [0.15, 0.2) is 11.5 Å². The zero-order chi connectivity index (χ0) is 17.1. The quantitative estimate of drug-likeness (QED) is 0.864. The van der Waals surface area contributed by atoms with E-state index in [1.807, 2.05) is 19.1 Å². The van der Waals surface area contributed by atoms with Gasteiger partial charge in [0.2, 0.25) is 5.13 Å². The first-order valence-corrected chi connectivity index (χ1v) is 8.51. The molecule has 1 fully saturated rings. The molecule has 1 aromatic heterocycles. The molecule has 2 aromatic rings. The highest BCUT2D eigenvalue weighted by Crippen LogP contribution is 2.42. The topological polar surface area (TPSA) is 73.3 Å². The Morgan fingerprint density at radius 2 is 2.08 bits per heavy atom. The first kappa shape index (κ1) is 16.4. The zero-order valence-corrected chi connectivity index (χ0v) is 14.6. The van der Waals surface area contributed by atoms with Crippen LogP contribution < -0.4 is 14.8 Å². The second-order valence-corrected chi connectivity index (χ2v) is 6.48. The summed E-state index contributed by atoms with van der Waals surface area (Å²) in [5, 5.41) is 12.5. The van der Waals surface area contributed by atoms with Crippen LogP contribution in [0.25, 0.3) is 6.08 Å². The molecule has 1 aliphatic rings. The fraction of sp³-hybridized carbons (Fsp3) is 0.353. The molecule has 6 nitrogen and oxygen atoms in total. The van der Waals surface area contributed by atoms with Crippen molar-refractivity contribution in [1.29, 1.82) is 0 Å². The van der Waals surface area contributed by atoms with Crippen molar-refractivity contribution in [1.82, 2.24) is 10.2 Å². The largest absolute Gasteiger partial charge is 0.493 e. The Morgan fingerprint density at radius 3 is 2.71 bits per heavy atom. The van der Waals surface area contributed by atoms with E-state index < -0.39 is 0 Å². The fourth-order valence-electron chi connectivity index (χ4n) is 2.38. The Morgan fingerprint density at radius 1 is 1.29 bits per heavy atom. The van der Waals surface area contributed by atoms with Crippen LogP contribution in [0.4, 0.5) is 5.13 Å². The van der Waals surface area contributed by atoms with E-state index in [1.165, 1.54) is 11.3 Å². The van der Waals surface area contributed by atoms with E-state index in [1.54, 1.807) is 26.4 Å². The number of amides is 1. The van der Waals surface area contributed by atoms with Crippen molar-refractivity contribution < 1.29 is 14.3 Å². The summed E-state index contributed by atoms with van der Waals surface area (Å²) < 4.78 is 10.7.